The average Bonchev–Trinajstić information content (AvgIpc) is 2.17. The lowest BCUT2D eigenvalue weighted by molar-refractivity contribution is -0.384. The summed E-state index contributed by atoms with van der Waals surface area (Å²) < 4.78 is 68.9. The van der Waals surface area contributed by atoms with Crippen LogP contribution in [0.5, 0.6) is 23.3 Å². The van der Waals surface area contributed by atoms with Crippen molar-refractivity contribution in [1.82, 2.24) is 34.5 Å². The number of fused-ring (bicyclic) bond motifs is 3. The van der Waals surface area contributed by atoms with Gasteiger partial charge in [0.15, 0.2) is 5.75 Å². The third-order valence-electron chi connectivity index (χ3n) is 18.0. The number of nitrogens with one attached hydrogen (secondary N) is 4. The van der Waals surface area contributed by atoms with Gasteiger partial charge in [0.2, 0.25) is 11.7 Å². The highest BCUT2D eigenvalue weighted by atomic mass is 32.2. The second kappa shape index (κ2) is 22.2. The van der Waals surface area contributed by atoms with Crippen molar-refractivity contribution in [3.05, 3.63) is 117 Å². The first-order valence-electron chi connectivity index (χ1n) is 28.4. The van der Waals surface area contributed by atoms with Crippen molar-refractivity contribution < 1.29 is 46.6 Å². The first-order chi connectivity index (χ1) is 39.4. The van der Waals surface area contributed by atoms with Gasteiger partial charge in [-0.1, -0.05) is 38.1 Å². The SMILES string of the molecule is COc1nc2[nH]cc(F)c2cc1Oc1cc(N2CCC3(CC2)CC(N2CCN(Cc4ccnc5c4NC4COCC4O5)C[C@H]2c2ccccc2C(C)C)C3)ccc1C(=O)NS(=O)(=O)c1cnc(NCC2CCC(C)(O)CC2)c([N+](=O)[O-])c1. The minimum Gasteiger partial charge on any atom is -0.478 e. The number of rotatable bonds is 16. The van der Waals surface area contributed by atoms with E-state index in [0.717, 1.165) is 81.7 Å². The molecule has 4 aromatic heterocycles. The number of hydrogen-bond acceptors (Lipinski definition) is 18. The van der Waals surface area contributed by atoms with E-state index in [4.69, 9.17) is 18.9 Å². The van der Waals surface area contributed by atoms with E-state index in [2.05, 4.69) is 94.2 Å². The summed E-state index contributed by atoms with van der Waals surface area (Å²) >= 11 is 0. The Morgan fingerprint density at radius 3 is 2.57 bits per heavy atom. The minimum atomic E-state index is -4.75. The van der Waals surface area contributed by atoms with Crippen LogP contribution in [0.4, 0.5) is 27.3 Å². The number of piperazine rings is 1. The summed E-state index contributed by atoms with van der Waals surface area (Å²) in [6.07, 6.45) is 10.5. The Morgan fingerprint density at radius 2 is 1.80 bits per heavy atom. The number of anilines is 3. The number of hydrogen-bond donors (Lipinski definition) is 5. The lowest BCUT2D eigenvalue weighted by atomic mass is 9.59. The first-order valence-corrected chi connectivity index (χ1v) is 29.9. The van der Waals surface area contributed by atoms with Gasteiger partial charge in [0.1, 0.15) is 33.9 Å². The maximum atomic E-state index is 15.0. The zero-order valence-electron chi connectivity index (χ0n) is 46.5. The summed E-state index contributed by atoms with van der Waals surface area (Å²) in [4.78, 5) is 48.6. The van der Waals surface area contributed by atoms with Gasteiger partial charge in [-0.25, -0.2) is 27.5 Å². The third kappa shape index (κ3) is 11.1. The maximum absolute atomic E-state index is 15.0. The summed E-state index contributed by atoms with van der Waals surface area (Å²) in [5, 5.41) is 29.4. The number of aliphatic hydroxyl groups is 1. The molecule has 1 amide bonds. The summed E-state index contributed by atoms with van der Waals surface area (Å²) in [7, 11) is -3.38. The normalized spacial score (nSPS) is 23.8. The fraction of sp³-hybridized carbons (Fsp3) is 0.492. The van der Waals surface area contributed by atoms with Gasteiger partial charge in [-0.3, -0.25) is 24.7 Å². The summed E-state index contributed by atoms with van der Waals surface area (Å²) in [6, 6.07) is 18.8. The molecule has 4 aliphatic heterocycles. The monoisotopic (exact) mass is 1140 g/mol. The standard InChI is InChI=1S/C59H70FN11O10S/c1-35(2)41-7-5-6-8-42(41)48-32-68(31-37-13-18-61-57-52(37)65-46-33-79-34-51(46)81-57)21-22-70(48)39-26-59(27-39)16-19-69(20-17-59)38-9-10-43(49(23-38)80-50-25-44-45(60)30-64-53(44)66-56(50)78-4)55(72)67-82(76,77)40-24-47(71(74)75)54(63-29-40)62-28-36-11-14-58(3,73)15-12-36/h5-10,13,18,23-25,29-30,35-36,39,46,48,51,65,73H,11-12,14-17,19-22,26-28,31-34H2,1-4H3,(H,62,63)(H,64,66)(H,67,72)/t36?,46?,48-,51?,58?/m0/s1. The van der Waals surface area contributed by atoms with Crippen LogP contribution in [0.2, 0.25) is 0 Å². The number of halogens is 1. The maximum Gasteiger partial charge on any atom is 0.312 e. The molecule has 8 heterocycles. The van der Waals surface area contributed by atoms with Gasteiger partial charge in [-0.15, -0.1) is 0 Å². The van der Waals surface area contributed by atoms with Crippen molar-refractivity contribution in [3.63, 3.8) is 0 Å². The molecule has 3 atom stereocenters. The lowest BCUT2D eigenvalue weighted by Gasteiger charge is -2.58. The number of H-pyrrole nitrogens is 1. The molecule has 5 fully saturated rings. The van der Waals surface area contributed by atoms with Crippen LogP contribution in [0.3, 0.4) is 0 Å². The van der Waals surface area contributed by atoms with Crippen LogP contribution in [0.15, 0.2) is 84.1 Å². The number of aromatic amines is 1. The van der Waals surface area contributed by atoms with Crippen LogP contribution in [0.1, 0.15) is 111 Å². The minimum absolute atomic E-state index is 0.0191. The number of methoxy groups -OCH3 is 1. The molecule has 2 aromatic carbocycles. The van der Waals surface area contributed by atoms with Crippen molar-refractivity contribution in [1.29, 1.82) is 0 Å². The smallest absolute Gasteiger partial charge is 0.312 e. The quantitative estimate of drug-likeness (QED) is 0.0449. The number of sulfonamides is 1. The highest BCUT2D eigenvalue weighted by molar-refractivity contribution is 7.90. The second-order valence-corrected chi connectivity index (χ2v) is 25.5. The fourth-order valence-corrected chi connectivity index (χ4v) is 14.1. The molecule has 0 radical (unpaired) electrons. The third-order valence-corrected chi connectivity index (χ3v) is 19.3. The summed E-state index contributed by atoms with van der Waals surface area (Å²) in [5.41, 5.74) is 4.42. The topological polar surface area (TPSA) is 252 Å². The Kier molecular flexibility index (Phi) is 15.0. The number of pyridine rings is 3. The van der Waals surface area contributed by atoms with E-state index in [-0.39, 0.29) is 69.3 Å². The molecular weight excluding hydrogens is 1070 g/mol. The molecule has 82 heavy (non-hydrogen) atoms. The van der Waals surface area contributed by atoms with E-state index < -0.39 is 42.9 Å². The highest BCUT2D eigenvalue weighted by Gasteiger charge is 2.50. The van der Waals surface area contributed by atoms with Crippen molar-refractivity contribution in [3.8, 4) is 23.3 Å². The number of nitro groups is 1. The van der Waals surface area contributed by atoms with Gasteiger partial charge >= 0.3 is 5.69 Å². The molecule has 0 bridgehead atoms. The highest BCUT2D eigenvalue weighted by Crippen LogP contribution is 2.54. The molecule has 6 aromatic rings. The molecular formula is C59H70FN11O10S. The van der Waals surface area contributed by atoms with E-state index in [1.807, 2.05) is 6.20 Å². The van der Waals surface area contributed by atoms with Gasteiger partial charge in [0.25, 0.3) is 21.8 Å². The predicted octanol–water partition coefficient (Wildman–Crippen LogP) is 8.68. The Bertz CT molecular complexity index is 3500. The zero-order chi connectivity index (χ0) is 57.1. The summed E-state index contributed by atoms with van der Waals surface area (Å²) in [5.74, 6) is -0.778. The van der Waals surface area contributed by atoms with Gasteiger partial charge in [0, 0.05) is 94.2 Å². The molecule has 2 unspecified atom stereocenters. The Balaban J connectivity index is 0.753. The number of piperidine rings is 1. The predicted molar refractivity (Wildman–Crippen MR) is 305 cm³/mol. The van der Waals surface area contributed by atoms with E-state index in [9.17, 15) is 32.8 Å². The van der Waals surface area contributed by atoms with Crippen LogP contribution >= 0.6 is 0 Å². The van der Waals surface area contributed by atoms with E-state index in [0.29, 0.717) is 76.4 Å². The van der Waals surface area contributed by atoms with E-state index >= 15 is 0 Å². The van der Waals surface area contributed by atoms with E-state index in [1.165, 1.54) is 35.9 Å². The molecule has 12 rings (SSSR count). The number of nitrogens with zero attached hydrogens (tertiary/aromatic N) is 7. The van der Waals surface area contributed by atoms with Gasteiger partial charge in [0.05, 0.1) is 54.0 Å². The van der Waals surface area contributed by atoms with Gasteiger partial charge in [-0.2, -0.15) is 4.98 Å². The molecule has 434 valence electrons. The molecule has 23 heteroatoms. The van der Waals surface area contributed by atoms with Crippen molar-refractivity contribution in [2.75, 3.05) is 75.1 Å². The average molecular weight is 1140 g/mol. The number of amides is 1. The van der Waals surface area contributed by atoms with E-state index in [1.54, 1.807) is 19.1 Å². The number of carbonyl (C=O) groups is 1. The Morgan fingerprint density at radius 1 is 1.01 bits per heavy atom. The molecule has 6 aliphatic rings. The number of aromatic nitrogens is 4. The molecule has 21 nitrogen and oxygen atoms in total. The summed E-state index contributed by atoms with van der Waals surface area (Å²) in [6.45, 7) is 12.8. The molecule has 2 saturated carbocycles. The molecule has 3 saturated heterocycles. The van der Waals surface area contributed by atoms with Crippen molar-refractivity contribution >= 4 is 49.8 Å². The lowest BCUT2D eigenvalue weighted by Crippen LogP contribution is -2.60. The molecule has 1 spiro atoms. The van der Waals surface area contributed by atoms with Crippen LogP contribution in [-0.2, 0) is 21.3 Å². The molecule has 5 N–H and O–H groups in total. The van der Waals surface area contributed by atoms with Crippen molar-refractivity contribution in [2.45, 2.75) is 119 Å². The fourth-order valence-electron chi connectivity index (χ4n) is 13.2. The second-order valence-electron chi connectivity index (χ2n) is 23.8. The Hall–Kier alpha value is -7.18. The van der Waals surface area contributed by atoms with Crippen molar-refractivity contribution in [2.24, 2.45) is 11.3 Å². The van der Waals surface area contributed by atoms with Gasteiger partial charge in [-0.05, 0) is 110 Å². The molecule has 2 aliphatic carbocycles. The number of benzene rings is 2. The van der Waals surface area contributed by atoms with Crippen LogP contribution < -0.4 is 34.5 Å². The van der Waals surface area contributed by atoms with Crippen LogP contribution in [0, 0.1) is 27.3 Å². The first kappa shape index (κ1) is 55.4. The largest absolute Gasteiger partial charge is 0.478 e. The van der Waals surface area contributed by atoms with Gasteiger partial charge < -0.3 is 44.6 Å². The Labute approximate surface area is 475 Å². The number of carbonyl (C=O) groups excluding carboxylic acids is 1. The zero-order valence-corrected chi connectivity index (χ0v) is 47.3. The number of ether oxygens (including phenoxy) is 4. The van der Waals surface area contributed by atoms with Crippen LogP contribution in [-0.4, -0.2) is 137 Å². The van der Waals surface area contributed by atoms with Crippen LogP contribution in [0.25, 0.3) is 11.0 Å².